The number of hydrogen-bond donors (Lipinski definition) is 1. The van der Waals surface area contributed by atoms with Crippen LogP contribution in [0.2, 0.25) is 0 Å². The van der Waals surface area contributed by atoms with Crippen LogP contribution in [0.3, 0.4) is 0 Å². The third-order valence-electron chi connectivity index (χ3n) is 2.07. The van der Waals surface area contributed by atoms with E-state index in [9.17, 15) is 4.79 Å². The van der Waals surface area contributed by atoms with Crippen molar-refractivity contribution in [2.24, 2.45) is 0 Å². The molecule has 0 bridgehead atoms. The van der Waals surface area contributed by atoms with E-state index in [4.69, 9.17) is 4.74 Å². The van der Waals surface area contributed by atoms with Gasteiger partial charge in [0.2, 0.25) is 0 Å². The van der Waals surface area contributed by atoms with Gasteiger partial charge < -0.3 is 4.74 Å². The molecule has 1 unspecified atom stereocenters. The van der Waals surface area contributed by atoms with Gasteiger partial charge in [-0.3, -0.25) is 5.32 Å². The molecule has 0 aromatic heterocycles. The molecule has 0 aliphatic heterocycles. The number of carbonyl (C=O) groups excluding carboxylic acids is 1. The molecule has 16 heavy (non-hydrogen) atoms. The minimum atomic E-state index is -0.407. The zero-order valence-electron chi connectivity index (χ0n) is 9.69. The Balaban J connectivity index is 2.76. The van der Waals surface area contributed by atoms with Crippen molar-refractivity contribution >= 4 is 5.97 Å². The van der Waals surface area contributed by atoms with E-state index in [0.717, 1.165) is 12.1 Å². The second kappa shape index (κ2) is 6.08. The molecule has 1 rings (SSSR count). The molecule has 0 aliphatic carbocycles. The average molecular weight is 219 g/mol. The summed E-state index contributed by atoms with van der Waals surface area (Å²) in [6.45, 7) is 7.88. The number of nitrogens with one attached hydrogen (secondary N) is 1. The van der Waals surface area contributed by atoms with Crippen LogP contribution in [0.4, 0.5) is 0 Å². The highest BCUT2D eigenvalue weighted by atomic mass is 16.6. The number of esters is 1. The average Bonchev–Trinajstić information content (AvgIpc) is 2.29. The lowest BCUT2D eigenvalue weighted by Crippen LogP contribution is -2.26. The standard InChI is InChI=1S/C13H17NO2/c1-4-14-12(16-13(15)10(2)3)11-8-6-5-7-9-11/h5-9,12,14H,2,4H2,1,3H3. The van der Waals surface area contributed by atoms with Crippen molar-refractivity contribution < 1.29 is 9.53 Å². The summed E-state index contributed by atoms with van der Waals surface area (Å²) in [5, 5.41) is 3.10. The molecule has 0 spiro atoms. The Bertz CT molecular complexity index is 359. The first kappa shape index (κ1) is 12.5. The molecule has 0 fully saturated rings. The lowest BCUT2D eigenvalue weighted by molar-refractivity contribution is -0.146. The van der Waals surface area contributed by atoms with Crippen molar-refractivity contribution in [2.75, 3.05) is 6.54 Å². The van der Waals surface area contributed by atoms with Crippen LogP contribution in [0.5, 0.6) is 0 Å². The van der Waals surface area contributed by atoms with E-state index in [-0.39, 0.29) is 5.97 Å². The highest BCUT2D eigenvalue weighted by molar-refractivity contribution is 5.87. The monoisotopic (exact) mass is 219 g/mol. The number of benzene rings is 1. The Morgan fingerprint density at radius 3 is 2.56 bits per heavy atom. The maximum Gasteiger partial charge on any atom is 0.334 e. The van der Waals surface area contributed by atoms with Crippen molar-refractivity contribution in [3.63, 3.8) is 0 Å². The smallest absolute Gasteiger partial charge is 0.334 e. The van der Waals surface area contributed by atoms with Crippen molar-refractivity contribution in [1.82, 2.24) is 5.32 Å². The zero-order valence-corrected chi connectivity index (χ0v) is 9.69. The first-order chi connectivity index (χ1) is 7.65. The number of rotatable bonds is 5. The molecule has 0 aliphatic rings. The topological polar surface area (TPSA) is 38.3 Å². The number of carbonyl (C=O) groups is 1. The summed E-state index contributed by atoms with van der Waals surface area (Å²) < 4.78 is 5.29. The SMILES string of the molecule is C=C(C)C(=O)OC(NCC)c1ccccc1. The van der Waals surface area contributed by atoms with Crippen LogP contribution >= 0.6 is 0 Å². The molecule has 1 N–H and O–H groups in total. The fraction of sp³-hybridized carbons (Fsp3) is 0.308. The van der Waals surface area contributed by atoms with Crippen molar-refractivity contribution in [2.45, 2.75) is 20.1 Å². The predicted octanol–water partition coefficient (Wildman–Crippen LogP) is 2.41. The highest BCUT2D eigenvalue weighted by Crippen LogP contribution is 2.15. The van der Waals surface area contributed by atoms with Gasteiger partial charge in [0.05, 0.1) is 0 Å². The summed E-state index contributed by atoms with van der Waals surface area (Å²) in [6.07, 6.45) is -0.407. The van der Waals surface area contributed by atoms with Crippen LogP contribution in [0, 0.1) is 0 Å². The van der Waals surface area contributed by atoms with Gasteiger partial charge in [-0.15, -0.1) is 0 Å². The lowest BCUT2D eigenvalue weighted by Gasteiger charge is -2.18. The van der Waals surface area contributed by atoms with Gasteiger partial charge in [0, 0.05) is 11.1 Å². The van der Waals surface area contributed by atoms with Crippen LogP contribution < -0.4 is 5.32 Å². The third-order valence-corrected chi connectivity index (χ3v) is 2.07. The molecule has 0 amide bonds. The quantitative estimate of drug-likeness (QED) is 0.469. The Morgan fingerprint density at radius 1 is 1.44 bits per heavy atom. The molecule has 0 saturated carbocycles. The van der Waals surface area contributed by atoms with Crippen LogP contribution in [0.1, 0.15) is 25.6 Å². The fourth-order valence-corrected chi connectivity index (χ4v) is 1.25. The second-order valence-corrected chi connectivity index (χ2v) is 3.53. The van der Waals surface area contributed by atoms with Gasteiger partial charge in [-0.25, -0.2) is 4.79 Å². The van der Waals surface area contributed by atoms with Crippen LogP contribution in [0.25, 0.3) is 0 Å². The molecule has 3 nitrogen and oxygen atoms in total. The zero-order chi connectivity index (χ0) is 12.0. The normalized spacial score (nSPS) is 11.9. The van der Waals surface area contributed by atoms with Crippen molar-refractivity contribution in [3.05, 3.63) is 48.0 Å². The molecule has 0 radical (unpaired) electrons. The predicted molar refractivity (Wildman–Crippen MR) is 63.8 cm³/mol. The largest absolute Gasteiger partial charge is 0.439 e. The fourth-order valence-electron chi connectivity index (χ4n) is 1.25. The van der Waals surface area contributed by atoms with Crippen LogP contribution in [-0.4, -0.2) is 12.5 Å². The van der Waals surface area contributed by atoms with Gasteiger partial charge in [0.1, 0.15) is 0 Å². The van der Waals surface area contributed by atoms with E-state index < -0.39 is 6.23 Å². The summed E-state index contributed by atoms with van der Waals surface area (Å²) in [5.74, 6) is -0.380. The van der Waals surface area contributed by atoms with E-state index in [1.54, 1.807) is 6.92 Å². The molecule has 0 heterocycles. The second-order valence-electron chi connectivity index (χ2n) is 3.53. The molecule has 1 aromatic carbocycles. The summed E-state index contributed by atoms with van der Waals surface area (Å²) in [4.78, 5) is 11.4. The maximum absolute atomic E-state index is 11.4. The summed E-state index contributed by atoms with van der Waals surface area (Å²) in [7, 11) is 0. The van der Waals surface area contributed by atoms with Crippen LogP contribution in [0.15, 0.2) is 42.5 Å². The third kappa shape index (κ3) is 3.51. The van der Waals surface area contributed by atoms with E-state index in [1.807, 2.05) is 37.3 Å². The molecule has 86 valence electrons. The van der Waals surface area contributed by atoms with Gasteiger partial charge in [-0.05, 0) is 13.5 Å². The van der Waals surface area contributed by atoms with E-state index in [0.29, 0.717) is 5.57 Å². The first-order valence-electron chi connectivity index (χ1n) is 5.30. The van der Waals surface area contributed by atoms with Gasteiger partial charge in [0.15, 0.2) is 6.23 Å². The summed E-state index contributed by atoms with van der Waals surface area (Å²) >= 11 is 0. The minimum Gasteiger partial charge on any atom is -0.439 e. The minimum absolute atomic E-state index is 0.380. The Labute approximate surface area is 96.1 Å². The Hall–Kier alpha value is -1.61. The molecular weight excluding hydrogens is 202 g/mol. The maximum atomic E-state index is 11.4. The molecule has 1 atom stereocenters. The van der Waals surface area contributed by atoms with Gasteiger partial charge >= 0.3 is 5.97 Å². The Morgan fingerprint density at radius 2 is 2.06 bits per heavy atom. The molecule has 1 aromatic rings. The van der Waals surface area contributed by atoms with Gasteiger partial charge in [-0.2, -0.15) is 0 Å². The molecular formula is C13H17NO2. The van der Waals surface area contributed by atoms with E-state index >= 15 is 0 Å². The number of hydrogen-bond acceptors (Lipinski definition) is 3. The summed E-state index contributed by atoms with van der Waals surface area (Å²) in [6, 6.07) is 9.58. The summed E-state index contributed by atoms with van der Waals surface area (Å²) in [5.41, 5.74) is 1.33. The number of ether oxygens (including phenoxy) is 1. The molecule has 3 heteroatoms. The van der Waals surface area contributed by atoms with E-state index in [1.165, 1.54) is 0 Å². The van der Waals surface area contributed by atoms with Crippen molar-refractivity contribution in [1.29, 1.82) is 0 Å². The van der Waals surface area contributed by atoms with Crippen molar-refractivity contribution in [3.8, 4) is 0 Å². The first-order valence-corrected chi connectivity index (χ1v) is 5.30. The Kier molecular flexibility index (Phi) is 4.73. The van der Waals surface area contributed by atoms with Crippen LogP contribution in [-0.2, 0) is 9.53 Å². The highest BCUT2D eigenvalue weighted by Gasteiger charge is 2.15. The molecule has 0 saturated heterocycles. The van der Waals surface area contributed by atoms with Gasteiger partial charge in [-0.1, -0.05) is 43.8 Å². The van der Waals surface area contributed by atoms with Gasteiger partial charge in [0.25, 0.3) is 0 Å². The lowest BCUT2D eigenvalue weighted by atomic mass is 10.2. The van der Waals surface area contributed by atoms with E-state index in [2.05, 4.69) is 11.9 Å².